The Hall–Kier alpha value is -1.92. The molecule has 2 aromatic rings. The highest BCUT2D eigenvalue weighted by molar-refractivity contribution is 7.12. The number of rotatable bonds is 4. The number of aromatic nitrogens is 1. The minimum absolute atomic E-state index is 0.128. The first-order valence-electron chi connectivity index (χ1n) is 7.63. The number of ether oxygens (including phenoxy) is 2. The second-order valence-corrected chi connectivity index (χ2v) is 6.70. The van der Waals surface area contributed by atoms with Gasteiger partial charge in [-0.05, 0) is 31.2 Å². The fraction of sp³-hybridized carbons (Fsp3) is 0.412. The molecule has 3 rings (SSSR count). The molecule has 2 heterocycles. The third kappa shape index (κ3) is 3.71. The SMILES string of the molecule is COc1ccc(-c2nc(CC(=O)N3CCOCC3)sc2C)cc1. The Balaban J connectivity index is 1.73. The predicted octanol–water partition coefficient (Wildman–Crippen LogP) is 2.53. The van der Waals surface area contributed by atoms with Crippen LogP contribution in [0.3, 0.4) is 0 Å². The third-order valence-corrected chi connectivity index (χ3v) is 4.84. The number of hydrogen-bond acceptors (Lipinski definition) is 5. The van der Waals surface area contributed by atoms with Crippen LogP contribution in [0.2, 0.25) is 0 Å². The van der Waals surface area contributed by atoms with Crippen molar-refractivity contribution in [1.82, 2.24) is 9.88 Å². The third-order valence-electron chi connectivity index (χ3n) is 3.87. The maximum atomic E-state index is 12.3. The summed E-state index contributed by atoms with van der Waals surface area (Å²) in [5, 5.41) is 0.866. The molecule has 1 amide bonds. The zero-order valence-corrected chi connectivity index (χ0v) is 14.2. The number of carbonyl (C=O) groups excluding carboxylic acids is 1. The van der Waals surface area contributed by atoms with E-state index in [1.165, 1.54) is 0 Å². The van der Waals surface area contributed by atoms with E-state index in [9.17, 15) is 4.79 Å². The molecule has 0 unspecified atom stereocenters. The number of thiazole rings is 1. The minimum Gasteiger partial charge on any atom is -0.497 e. The van der Waals surface area contributed by atoms with Crippen LogP contribution in [-0.4, -0.2) is 49.2 Å². The van der Waals surface area contributed by atoms with E-state index in [1.54, 1.807) is 18.4 Å². The topological polar surface area (TPSA) is 51.7 Å². The maximum Gasteiger partial charge on any atom is 0.229 e. The van der Waals surface area contributed by atoms with E-state index < -0.39 is 0 Å². The molecule has 1 aliphatic heterocycles. The number of amides is 1. The Morgan fingerprint density at radius 1 is 1.30 bits per heavy atom. The normalized spacial score (nSPS) is 14.8. The highest BCUT2D eigenvalue weighted by Gasteiger charge is 2.19. The van der Waals surface area contributed by atoms with Crippen LogP contribution < -0.4 is 4.74 Å². The van der Waals surface area contributed by atoms with Gasteiger partial charge in [0.15, 0.2) is 0 Å². The summed E-state index contributed by atoms with van der Waals surface area (Å²) in [5.74, 6) is 0.952. The van der Waals surface area contributed by atoms with Gasteiger partial charge in [-0.25, -0.2) is 4.98 Å². The quantitative estimate of drug-likeness (QED) is 0.863. The number of benzene rings is 1. The second kappa shape index (κ2) is 7.10. The van der Waals surface area contributed by atoms with Gasteiger partial charge in [0.05, 0.1) is 32.4 Å². The van der Waals surface area contributed by atoms with E-state index in [2.05, 4.69) is 4.98 Å². The summed E-state index contributed by atoms with van der Waals surface area (Å²) in [6.45, 7) is 4.64. The van der Waals surface area contributed by atoms with Crippen molar-refractivity contribution in [1.29, 1.82) is 0 Å². The van der Waals surface area contributed by atoms with Gasteiger partial charge in [0.2, 0.25) is 5.91 Å². The molecule has 0 aliphatic carbocycles. The molecule has 23 heavy (non-hydrogen) atoms. The van der Waals surface area contributed by atoms with E-state index in [0.29, 0.717) is 32.7 Å². The van der Waals surface area contributed by atoms with Crippen molar-refractivity contribution in [2.24, 2.45) is 0 Å². The lowest BCUT2D eigenvalue weighted by molar-refractivity contribution is -0.134. The first kappa shape index (κ1) is 16.0. The molecule has 6 heteroatoms. The molecular formula is C17H20N2O3S. The Morgan fingerprint density at radius 3 is 2.65 bits per heavy atom. The van der Waals surface area contributed by atoms with Crippen molar-refractivity contribution in [3.8, 4) is 17.0 Å². The van der Waals surface area contributed by atoms with Crippen LogP contribution in [0.15, 0.2) is 24.3 Å². The molecule has 122 valence electrons. The molecule has 0 atom stereocenters. The molecule has 1 saturated heterocycles. The van der Waals surface area contributed by atoms with E-state index in [-0.39, 0.29) is 5.91 Å². The van der Waals surface area contributed by atoms with Crippen LogP contribution in [0.4, 0.5) is 0 Å². The minimum atomic E-state index is 0.128. The highest BCUT2D eigenvalue weighted by Crippen LogP contribution is 2.29. The van der Waals surface area contributed by atoms with Crippen molar-refractivity contribution >= 4 is 17.2 Å². The number of aryl methyl sites for hydroxylation is 1. The summed E-state index contributed by atoms with van der Waals surface area (Å²) in [7, 11) is 1.65. The van der Waals surface area contributed by atoms with Gasteiger partial charge in [0, 0.05) is 23.5 Å². The molecule has 0 saturated carbocycles. The number of carbonyl (C=O) groups is 1. The molecule has 1 fully saturated rings. The smallest absolute Gasteiger partial charge is 0.229 e. The number of hydrogen-bond donors (Lipinski definition) is 0. The lowest BCUT2D eigenvalue weighted by atomic mass is 10.1. The fourth-order valence-electron chi connectivity index (χ4n) is 2.60. The van der Waals surface area contributed by atoms with Gasteiger partial charge in [0.1, 0.15) is 10.8 Å². The van der Waals surface area contributed by atoms with Crippen molar-refractivity contribution < 1.29 is 14.3 Å². The zero-order chi connectivity index (χ0) is 16.2. The molecule has 5 nitrogen and oxygen atoms in total. The molecule has 0 radical (unpaired) electrons. The van der Waals surface area contributed by atoms with E-state index in [0.717, 1.165) is 26.9 Å². The van der Waals surface area contributed by atoms with Crippen molar-refractivity contribution in [2.75, 3.05) is 33.4 Å². The summed E-state index contributed by atoms with van der Waals surface area (Å²) in [4.78, 5) is 20.0. The van der Waals surface area contributed by atoms with E-state index in [4.69, 9.17) is 9.47 Å². The molecule has 0 N–H and O–H groups in total. The highest BCUT2D eigenvalue weighted by atomic mass is 32.1. The Kier molecular flexibility index (Phi) is 4.93. The largest absolute Gasteiger partial charge is 0.497 e. The van der Waals surface area contributed by atoms with Crippen molar-refractivity contribution in [3.63, 3.8) is 0 Å². The van der Waals surface area contributed by atoms with Crippen LogP contribution in [0, 0.1) is 6.92 Å². The average Bonchev–Trinajstić information content (AvgIpc) is 2.96. The van der Waals surface area contributed by atoms with Crippen LogP contribution in [0.5, 0.6) is 5.75 Å². The van der Waals surface area contributed by atoms with Crippen LogP contribution in [0.1, 0.15) is 9.88 Å². The Morgan fingerprint density at radius 2 is 2.00 bits per heavy atom. The van der Waals surface area contributed by atoms with E-state index >= 15 is 0 Å². The Labute approximate surface area is 139 Å². The summed E-state index contributed by atoms with van der Waals surface area (Å²) in [6, 6.07) is 7.84. The first-order chi connectivity index (χ1) is 11.2. The molecule has 0 bridgehead atoms. The van der Waals surface area contributed by atoms with Crippen molar-refractivity contribution in [3.05, 3.63) is 34.2 Å². The molecular weight excluding hydrogens is 312 g/mol. The first-order valence-corrected chi connectivity index (χ1v) is 8.45. The number of nitrogens with zero attached hydrogens (tertiary/aromatic N) is 2. The van der Waals surface area contributed by atoms with Gasteiger partial charge >= 0.3 is 0 Å². The summed E-state index contributed by atoms with van der Waals surface area (Å²) >= 11 is 1.59. The lowest BCUT2D eigenvalue weighted by Crippen LogP contribution is -2.41. The predicted molar refractivity (Wildman–Crippen MR) is 89.9 cm³/mol. The van der Waals surface area contributed by atoms with Gasteiger partial charge < -0.3 is 14.4 Å². The maximum absolute atomic E-state index is 12.3. The van der Waals surface area contributed by atoms with Crippen LogP contribution >= 0.6 is 11.3 Å². The summed E-state index contributed by atoms with van der Waals surface area (Å²) in [5.41, 5.74) is 1.99. The standard InChI is InChI=1S/C17H20N2O3S/c1-12-17(13-3-5-14(21-2)6-4-13)18-15(23-12)11-16(20)19-7-9-22-10-8-19/h3-6H,7-11H2,1-2H3. The van der Waals surface area contributed by atoms with Gasteiger partial charge in [0.25, 0.3) is 0 Å². The molecule has 1 aromatic carbocycles. The molecule has 1 aromatic heterocycles. The van der Waals surface area contributed by atoms with Gasteiger partial charge in [-0.3, -0.25) is 4.79 Å². The number of methoxy groups -OCH3 is 1. The molecule has 1 aliphatic rings. The van der Waals surface area contributed by atoms with Crippen LogP contribution in [0.25, 0.3) is 11.3 Å². The van der Waals surface area contributed by atoms with Gasteiger partial charge in [-0.1, -0.05) is 0 Å². The monoisotopic (exact) mass is 332 g/mol. The second-order valence-electron chi connectivity index (χ2n) is 5.41. The lowest BCUT2D eigenvalue weighted by Gasteiger charge is -2.26. The number of morpholine rings is 1. The summed E-state index contributed by atoms with van der Waals surface area (Å²) < 4.78 is 10.5. The fourth-order valence-corrected chi connectivity index (χ4v) is 3.54. The zero-order valence-electron chi connectivity index (χ0n) is 13.4. The summed E-state index contributed by atoms with van der Waals surface area (Å²) in [6.07, 6.45) is 0.363. The van der Waals surface area contributed by atoms with Crippen molar-refractivity contribution in [2.45, 2.75) is 13.3 Å². The van der Waals surface area contributed by atoms with Gasteiger partial charge in [-0.15, -0.1) is 11.3 Å². The van der Waals surface area contributed by atoms with Gasteiger partial charge in [-0.2, -0.15) is 0 Å². The van der Waals surface area contributed by atoms with E-state index in [1.807, 2.05) is 36.1 Å². The van der Waals surface area contributed by atoms with Crippen LogP contribution in [-0.2, 0) is 16.0 Å². The molecule has 0 spiro atoms. The average molecular weight is 332 g/mol. The Bertz CT molecular complexity index is 676.